The number of likely N-dealkylation sites (N-methyl/N-ethyl adjacent to an activating group) is 1. The molecule has 0 bridgehead atoms. The molecule has 1 spiro atoms. The minimum Gasteiger partial charge on any atom is -0.335 e. The summed E-state index contributed by atoms with van der Waals surface area (Å²) < 4.78 is 0. The number of piperidine rings is 1. The van der Waals surface area contributed by atoms with Gasteiger partial charge in [-0.05, 0) is 56.6 Å². The second-order valence-electron chi connectivity index (χ2n) is 7.82. The van der Waals surface area contributed by atoms with E-state index in [2.05, 4.69) is 40.9 Å². The van der Waals surface area contributed by atoms with Gasteiger partial charge < -0.3 is 4.90 Å². The molecule has 0 saturated carbocycles. The maximum absolute atomic E-state index is 13.4. The fourth-order valence-corrected chi connectivity index (χ4v) is 5.30. The first-order valence-corrected chi connectivity index (χ1v) is 10.6. The van der Waals surface area contributed by atoms with E-state index in [1.807, 2.05) is 28.4 Å². The Kier molecular flexibility index (Phi) is 5.30. The predicted octanol–water partition coefficient (Wildman–Crippen LogP) is 2.76. The molecule has 2 aromatic heterocycles. The fourth-order valence-electron chi connectivity index (χ4n) is 4.37. The number of aryl methyl sites for hydroxylation is 1. The van der Waals surface area contributed by atoms with Crippen LogP contribution in [0.15, 0.2) is 36.7 Å². The van der Waals surface area contributed by atoms with Crippen molar-refractivity contribution >= 4 is 17.2 Å². The summed E-state index contributed by atoms with van der Waals surface area (Å²) in [6.07, 6.45) is 5.44. The SMILES string of the molecule is Cc1ccc(CN2CCC3(CC2)C(=O)N(Cc2ccncc2)CCN3C)s1. The van der Waals surface area contributed by atoms with Gasteiger partial charge in [0.05, 0.1) is 0 Å². The third-order valence-electron chi connectivity index (χ3n) is 6.10. The molecule has 6 heteroatoms. The van der Waals surface area contributed by atoms with Gasteiger partial charge in [-0.2, -0.15) is 0 Å². The Balaban J connectivity index is 1.42. The largest absolute Gasteiger partial charge is 0.335 e. The van der Waals surface area contributed by atoms with Crippen molar-refractivity contribution in [1.82, 2.24) is 19.7 Å². The van der Waals surface area contributed by atoms with Gasteiger partial charge in [0.1, 0.15) is 5.54 Å². The van der Waals surface area contributed by atoms with E-state index in [1.54, 1.807) is 12.4 Å². The number of aromatic nitrogens is 1. The topological polar surface area (TPSA) is 39.7 Å². The molecule has 4 rings (SSSR count). The standard InChI is InChI=1S/C21H28N4OS/c1-17-3-4-19(27-17)16-24-11-7-21(8-12-24)20(26)25(14-13-23(21)2)15-18-5-9-22-10-6-18/h3-6,9-10H,7-8,11-16H2,1-2H3. The highest BCUT2D eigenvalue weighted by Crippen LogP contribution is 2.34. The average molecular weight is 385 g/mol. The number of thiophene rings is 1. The summed E-state index contributed by atoms with van der Waals surface area (Å²) in [5, 5.41) is 0. The van der Waals surface area contributed by atoms with E-state index in [0.717, 1.165) is 51.1 Å². The van der Waals surface area contributed by atoms with Crippen molar-refractivity contribution in [2.24, 2.45) is 0 Å². The minimum atomic E-state index is -0.326. The summed E-state index contributed by atoms with van der Waals surface area (Å²) >= 11 is 1.88. The predicted molar refractivity (Wildman–Crippen MR) is 109 cm³/mol. The van der Waals surface area contributed by atoms with E-state index in [0.29, 0.717) is 12.5 Å². The van der Waals surface area contributed by atoms with Crippen LogP contribution in [0.3, 0.4) is 0 Å². The van der Waals surface area contributed by atoms with Crippen LogP contribution in [-0.2, 0) is 17.9 Å². The van der Waals surface area contributed by atoms with Crippen molar-refractivity contribution in [2.45, 2.75) is 38.4 Å². The van der Waals surface area contributed by atoms with Crippen LogP contribution in [0.4, 0.5) is 0 Å². The zero-order valence-electron chi connectivity index (χ0n) is 16.2. The number of carbonyl (C=O) groups excluding carboxylic acids is 1. The second kappa shape index (κ2) is 7.70. The zero-order valence-corrected chi connectivity index (χ0v) is 17.0. The average Bonchev–Trinajstić information content (AvgIpc) is 3.09. The van der Waals surface area contributed by atoms with Gasteiger partial charge >= 0.3 is 0 Å². The van der Waals surface area contributed by atoms with Gasteiger partial charge in [-0.1, -0.05) is 0 Å². The quantitative estimate of drug-likeness (QED) is 0.813. The van der Waals surface area contributed by atoms with E-state index in [9.17, 15) is 4.79 Å². The molecule has 2 saturated heterocycles. The summed E-state index contributed by atoms with van der Waals surface area (Å²) in [4.78, 5) is 27.2. The molecule has 2 aliphatic rings. The molecule has 0 atom stereocenters. The van der Waals surface area contributed by atoms with Gasteiger partial charge in [-0.3, -0.25) is 19.6 Å². The van der Waals surface area contributed by atoms with Gasteiger partial charge in [-0.15, -0.1) is 11.3 Å². The van der Waals surface area contributed by atoms with E-state index < -0.39 is 0 Å². The lowest BCUT2D eigenvalue weighted by molar-refractivity contribution is -0.155. The smallest absolute Gasteiger partial charge is 0.243 e. The Morgan fingerprint density at radius 2 is 1.78 bits per heavy atom. The van der Waals surface area contributed by atoms with Gasteiger partial charge in [0.2, 0.25) is 5.91 Å². The lowest BCUT2D eigenvalue weighted by atomic mass is 9.82. The zero-order chi connectivity index (χ0) is 18.9. The van der Waals surface area contributed by atoms with Crippen molar-refractivity contribution in [2.75, 3.05) is 33.2 Å². The highest BCUT2D eigenvalue weighted by Gasteiger charge is 2.49. The number of nitrogens with zero attached hydrogens (tertiary/aromatic N) is 4. The van der Waals surface area contributed by atoms with Crippen LogP contribution in [-0.4, -0.2) is 64.4 Å². The molecule has 2 fully saturated rings. The van der Waals surface area contributed by atoms with Gasteiger partial charge in [0.25, 0.3) is 0 Å². The lowest BCUT2D eigenvalue weighted by Crippen LogP contribution is -2.67. The van der Waals surface area contributed by atoms with E-state index >= 15 is 0 Å². The Bertz CT molecular complexity index is 782. The Hall–Kier alpha value is -1.76. The number of hydrogen-bond acceptors (Lipinski definition) is 5. The fraction of sp³-hybridized carbons (Fsp3) is 0.524. The molecule has 0 unspecified atom stereocenters. The molecule has 0 aliphatic carbocycles. The summed E-state index contributed by atoms with van der Waals surface area (Å²) in [6, 6.07) is 8.44. The molecule has 2 aromatic rings. The van der Waals surface area contributed by atoms with Crippen LogP contribution in [0.25, 0.3) is 0 Å². The molecule has 1 amide bonds. The molecule has 144 valence electrons. The van der Waals surface area contributed by atoms with Crippen LogP contribution in [0.1, 0.15) is 28.2 Å². The second-order valence-corrected chi connectivity index (χ2v) is 9.20. The van der Waals surface area contributed by atoms with Crippen molar-refractivity contribution in [3.63, 3.8) is 0 Å². The third-order valence-corrected chi connectivity index (χ3v) is 7.09. The highest BCUT2D eigenvalue weighted by molar-refractivity contribution is 7.11. The maximum Gasteiger partial charge on any atom is 0.243 e. The molecular weight excluding hydrogens is 356 g/mol. The molecule has 4 heterocycles. The van der Waals surface area contributed by atoms with Gasteiger partial charge in [0.15, 0.2) is 0 Å². The van der Waals surface area contributed by atoms with Crippen molar-refractivity contribution in [3.05, 3.63) is 52.0 Å². The Morgan fingerprint density at radius 1 is 1.04 bits per heavy atom. The number of pyridine rings is 1. The lowest BCUT2D eigenvalue weighted by Gasteiger charge is -2.51. The number of hydrogen-bond donors (Lipinski definition) is 0. The van der Waals surface area contributed by atoms with Crippen molar-refractivity contribution < 1.29 is 4.79 Å². The number of carbonyl (C=O) groups is 1. The maximum atomic E-state index is 13.4. The monoisotopic (exact) mass is 384 g/mol. The molecule has 0 radical (unpaired) electrons. The van der Waals surface area contributed by atoms with Crippen molar-refractivity contribution in [1.29, 1.82) is 0 Å². The number of amides is 1. The van der Waals surface area contributed by atoms with E-state index in [-0.39, 0.29) is 5.54 Å². The summed E-state index contributed by atoms with van der Waals surface area (Å²) in [5.41, 5.74) is 0.830. The van der Waals surface area contributed by atoms with E-state index in [1.165, 1.54) is 9.75 Å². The first kappa shape index (κ1) is 18.6. The molecule has 5 nitrogen and oxygen atoms in total. The minimum absolute atomic E-state index is 0.305. The van der Waals surface area contributed by atoms with Gasteiger partial charge in [0, 0.05) is 61.4 Å². The molecular formula is C21H28N4OS. The van der Waals surface area contributed by atoms with Gasteiger partial charge in [-0.25, -0.2) is 0 Å². The van der Waals surface area contributed by atoms with Crippen LogP contribution < -0.4 is 0 Å². The number of piperazine rings is 1. The van der Waals surface area contributed by atoms with E-state index in [4.69, 9.17) is 0 Å². The molecule has 0 N–H and O–H groups in total. The number of rotatable bonds is 4. The van der Waals surface area contributed by atoms with Crippen LogP contribution in [0.5, 0.6) is 0 Å². The summed E-state index contributed by atoms with van der Waals surface area (Å²) in [6.45, 7) is 7.57. The Morgan fingerprint density at radius 3 is 2.44 bits per heavy atom. The summed E-state index contributed by atoms with van der Waals surface area (Å²) in [7, 11) is 2.12. The van der Waals surface area contributed by atoms with Crippen LogP contribution in [0, 0.1) is 6.92 Å². The van der Waals surface area contributed by atoms with Crippen LogP contribution >= 0.6 is 11.3 Å². The molecule has 2 aliphatic heterocycles. The molecule has 27 heavy (non-hydrogen) atoms. The summed E-state index contributed by atoms with van der Waals surface area (Å²) in [5.74, 6) is 0.305. The van der Waals surface area contributed by atoms with Crippen molar-refractivity contribution in [3.8, 4) is 0 Å². The Labute approximate surface area is 165 Å². The number of likely N-dealkylation sites (tertiary alicyclic amines) is 1. The first-order chi connectivity index (χ1) is 13.1. The first-order valence-electron chi connectivity index (χ1n) is 9.74. The van der Waals surface area contributed by atoms with Crippen LogP contribution in [0.2, 0.25) is 0 Å². The third kappa shape index (κ3) is 3.79. The molecule has 0 aromatic carbocycles. The normalized spacial score (nSPS) is 21.1. The highest BCUT2D eigenvalue weighted by atomic mass is 32.1.